The summed E-state index contributed by atoms with van der Waals surface area (Å²) < 4.78 is 5.59. The predicted molar refractivity (Wildman–Crippen MR) is 103 cm³/mol. The smallest absolute Gasteiger partial charge is 0.303 e. The van der Waals surface area contributed by atoms with Crippen molar-refractivity contribution in [3.8, 4) is 0 Å². The van der Waals surface area contributed by atoms with E-state index in [1.54, 1.807) is 0 Å². The van der Waals surface area contributed by atoms with Gasteiger partial charge in [-0.15, -0.1) is 0 Å². The highest BCUT2D eigenvalue weighted by atomic mass is 16.6. The number of esters is 1. The SMILES string of the molecule is CC(=O)OC1(C)C=CCC(C)C=CC2(C)CCC(C(C)(C)O)C2C(O)C1. The number of fused-ring (bicyclic) bond motifs is 1. The maximum atomic E-state index is 11.6. The molecule has 0 saturated heterocycles. The van der Waals surface area contributed by atoms with Crippen LogP contribution in [0, 0.1) is 23.2 Å². The van der Waals surface area contributed by atoms with Gasteiger partial charge in [0.1, 0.15) is 5.60 Å². The summed E-state index contributed by atoms with van der Waals surface area (Å²) in [5.41, 5.74) is -1.89. The fraction of sp³-hybridized carbons (Fsp3) is 0.773. The average molecular weight is 365 g/mol. The molecule has 2 rings (SSSR count). The van der Waals surface area contributed by atoms with Gasteiger partial charge in [0.05, 0.1) is 11.7 Å². The molecule has 26 heavy (non-hydrogen) atoms. The summed E-state index contributed by atoms with van der Waals surface area (Å²) in [6, 6.07) is 0. The highest BCUT2D eigenvalue weighted by Crippen LogP contribution is 2.54. The second-order valence-corrected chi connectivity index (χ2v) is 9.48. The molecule has 2 aliphatic rings. The van der Waals surface area contributed by atoms with Gasteiger partial charge in [-0.25, -0.2) is 0 Å². The second-order valence-electron chi connectivity index (χ2n) is 9.48. The molecule has 0 aromatic heterocycles. The van der Waals surface area contributed by atoms with Crippen molar-refractivity contribution in [2.24, 2.45) is 23.2 Å². The molecule has 4 nitrogen and oxygen atoms in total. The van der Waals surface area contributed by atoms with Gasteiger partial charge in [-0.2, -0.15) is 0 Å². The molecule has 6 unspecified atom stereocenters. The van der Waals surface area contributed by atoms with E-state index < -0.39 is 17.3 Å². The van der Waals surface area contributed by atoms with E-state index in [-0.39, 0.29) is 23.2 Å². The Morgan fingerprint density at radius 1 is 1.27 bits per heavy atom. The minimum atomic E-state index is -0.864. The Kier molecular flexibility index (Phi) is 6.09. The molecule has 0 bridgehead atoms. The number of allylic oxidation sites excluding steroid dienone is 3. The molecule has 148 valence electrons. The van der Waals surface area contributed by atoms with Gasteiger partial charge in [-0.1, -0.05) is 32.1 Å². The average Bonchev–Trinajstić information content (AvgIpc) is 2.81. The number of hydrogen-bond donors (Lipinski definition) is 2. The number of ether oxygens (including phenoxy) is 1. The minimum absolute atomic E-state index is 0.00577. The van der Waals surface area contributed by atoms with Gasteiger partial charge in [-0.05, 0) is 69.3 Å². The second kappa shape index (κ2) is 7.47. The van der Waals surface area contributed by atoms with Gasteiger partial charge in [0.15, 0.2) is 0 Å². The van der Waals surface area contributed by atoms with Gasteiger partial charge in [0.25, 0.3) is 0 Å². The van der Waals surface area contributed by atoms with E-state index in [0.29, 0.717) is 12.3 Å². The summed E-state index contributed by atoms with van der Waals surface area (Å²) in [7, 11) is 0. The first-order valence-corrected chi connectivity index (χ1v) is 9.83. The molecule has 0 spiro atoms. The van der Waals surface area contributed by atoms with Gasteiger partial charge < -0.3 is 14.9 Å². The summed E-state index contributed by atoms with van der Waals surface area (Å²) in [4.78, 5) is 11.6. The van der Waals surface area contributed by atoms with Crippen molar-refractivity contribution >= 4 is 5.97 Å². The van der Waals surface area contributed by atoms with Gasteiger partial charge in [0.2, 0.25) is 0 Å². The van der Waals surface area contributed by atoms with Crippen molar-refractivity contribution in [2.75, 3.05) is 0 Å². The lowest BCUT2D eigenvalue weighted by Crippen LogP contribution is -2.46. The zero-order valence-electron chi connectivity index (χ0n) is 17.2. The zero-order chi connectivity index (χ0) is 19.8. The lowest BCUT2D eigenvalue weighted by molar-refractivity contribution is -0.155. The maximum absolute atomic E-state index is 11.6. The molecule has 2 aliphatic carbocycles. The standard InChI is InChI=1S/C22H36O4/c1-15-8-7-11-22(6,26-16(2)23)14-18(24)19-17(20(3,4)25)10-13-21(19,5)12-9-15/h7,9,11-12,15,17-19,24-25H,8,10,13-14H2,1-6H3. The van der Waals surface area contributed by atoms with Crippen molar-refractivity contribution in [3.05, 3.63) is 24.3 Å². The molecule has 2 N–H and O–H groups in total. The molecule has 0 amide bonds. The number of aliphatic hydroxyl groups excluding tert-OH is 1. The van der Waals surface area contributed by atoms with E-state index in [2.05, 4.69) is 26.0 Å². The Balaban J connectivity index is 2.46. The quantitative estimate of drug-likeness (QED) is 0.574. The van der Waals surface area contributed by atoms with Gasteiger partial charge >= 0.3 is 5.97 Å². The van der Waals surface area contributed by atoms with Crippen LogP contribution in [-0.4, -0.2) is 33.5 Å². The molecular weight excluding hydrogens is 328 g/mol. The Labute approximate surface area is 158 Å². The topological polar surface area (TPSA) is 66.8 Å². The van der Waals surface area contributed by atoms with Crippen molar-refractivity contribution in [3.63, 3.8) is 0 Å². The normalized spacial score (nSPS) is 41.4. The maximum Gasteiger partial charge on any atom is 0.303 e. The number of rotatable bonds is 2. The third-order valence-corrected chi connectivity index (χ3v) is 6.29. The molecule has 0 radical (unpaired) electrons. The lowest BCUT2D eigenvalue weighted by Gasteiger charge is -2.42. The zero-order valence-corrected chi connectivity index (χ0v) is 17.2. The molecule has 0 aromatic carbocycles. The molecule has 1 saturated carbocycles. The number of carbonyl (C=O) groups excluding carboxylic acids is 1. The number of carbonyl (C=O) groups is 1. The molecule has 0 aromatic rings. The highest BCUT2D eigenvalue weighted by molar-refractivity contribution is 5.66. The van der Waals surface area contributed by atoms with Crippen molar-refractivity contribution in [2.45, 2.75) is 84.5 Å². The number of hydrogen-bond acceptors (Lipinski definition) is 4. The van der Waals surface area contributed by atoms with Crippen LogP contribution in [-0.2, 0) is 9.53 Å². The van der Waals surface area contributed by atoms with Crippen molar-refractivity contribution in [1.82, 2.24) is 0 Å². The minimum Gasteiger partial charge on any atom is -0.455 e. The molecule has 1 fully saturated rings. The Morgan fingerprint density at radius 3 is 2.50 bits per heavy atom. The first-order valence-electron chi connectivity index (χ1n) is 9.83. The first-order chi connectivity index (χ1) is 11.9. The van der Waals surface area contributed by atoms with Crippen LogP contribution in [0.2, 0.25) is 0 Å². The molecule has 0 aliphatic heterocycles. The Hall–Kier alpha value is -1.13. The largest absolute Gasteiger partial charge is 0.455 e. The molecule has 6 atom stereocenters. The summed E-state index contributed by atoms with van der Waals surface area (Å²) in [6.07, 6.45) is 10.8. The van der Waals surface area contributed by atoms with Crippen molar-refractivity contribution < 1.29 is 19.7 Å². The molecule has 0 heterocycles. The van der Waals surface area contributed by atoms with Crippen LogP contribution in [0.25, 0.3) is 0 Å². The Morgan fingerprint density at radius 2 is 1.92 bits per heavy atom. The molecular formula is C22H36O4. The van der Waals surface area contributed by atoms with E-state index in [1.165, 1.54) is 6.92 Å². The third kappa shape index (κ3) is 4.77. The van der Waals surface area contributed by atoms with E-state index in [0.717, 1.165) is 19.3 Å². The number of aliphatic hydroxyl groups is 2. The van der Waals surface area contributed by atoms with E-state index >= 15 is 0 Å². The van der Waals surface area contributed by atoms with Crippen LogP contribution in [0.3, 0.4) is 0 Å². The predicted octanol–water partition coefficient (Wildman–Crippen LogP) is 4.01. The van der Waals surface area contributed by atoms with E-state index in [9.17, 15) is 15.0 Å². The summed E-state index contributed by atoms with van der Waals surface area (Å²) in [5.74, 6) is -0.0820. The van der Waals surface area contributed by atoms with Crippen LogP contribution in [0.5, 0.6) is 0 Å². The van der Waals surface area contributed by atoms with Crippen LogP contribution in [0.4, 0.5) is 0 Å². The summed E-state index contributed by atoms with van der Waals surface area (Å²) in [5, 5.41) is 22.0. The molecule has 4 heteroatoms. The first kappa shape index (κ1) is 21.2. The fourth-order valence-electron chi connectivity index (χ4n) is 4.98. The van der Waals surface area contributed by atoms with Crippen LogP contribution in [0.1, 0.15) is 67.2 Å². The van der Waals surface area contributed by atoms with E-state index in [4.69, 9.17) is 4.74 Å². The summed E-state index contributed by atoms with van der Waals surface area (Å²) in [6.45, 7) is 11.3. The van der Waals surface area contributed by atoms with Crippen LogP contribution >= 0.6 is 0 Å². The van der Waals surface area contributed by atoms with E-state index in [1.807, 2.05) is 32.9 Å². The fourth-order valence-corrected chi connectivity index (χ4v) is 4.98. The van der Waals surface area contributed by atoms with Crippen molar-refractivity contribution in [1.29, 1.82) is 0 Å². The highest BCUT2D eigenvalue weighted by Gasteiger charge is 2.52. The van der Waals surface area contributed by atoms with Gasteiger partial charge in [0, 0.05) is 13.3 Å². The van der Waals surface area contributed by atoms with Crippen LogP contribution in [0.15, 0.2) is 24.3 Å². The Bertz CT molecular complexity index is 573. The third-order valence-electron chi connectivity index (χ3n) is 6.29. The summed E-state index contributed by atoms with van der Waals surface area (Å²) >= 11 is 0. The van der Waals surface area contributed by atoms with Crippen LogP contribution < -0.4 is 0 Å². The van der Waals surface area contributed by atoms with Gasteiger partial charge in [-0.3, -0.25) is 4.79 Å². The lowest BCUT2D eigenvalue weighted by atomic mass is 9.68. The monoisotopic (exact) mass is 364 g/mol.